The molecule has 3 heterocycles. The van der Waals surface area contributed by atoms with E-state index in [4.69, 9.17) is 13.9 Å². The lowest BCUT2D eigenvalue weighted by molar-refractivity contribution is -0.153. The van der Waals surface area contributed by atoms with E-state index >= 15 is 0 Å². The number of esters is 1. The summed E-state index contributed by atoms with van der Waals surface area (Å²) in [4.78, 5) is 28.6. The van der Waals surface area contributed by atoms with Crippen LogP contribution in [-0.4, -0.2) is 41.3 Å². The molecule has 0 fully saturated rings. The number of hydrazone groups is 1. The second-order valence-electron chi connectivity index (χ2n) is 8.62. The van der Waals surface area contributed by atoms with Crippen LogP contribution < -0.4 is 4.74 Å². The monoisotopic (exact) mass is 485 g/mol. The fourth-order valence-corrected chi connectivity index (χ4v) is 4.44. The Morgan fingerprint density at radius 2 is 1.94 bits per heavy atom. The van der Waals surface area contributed by atoms with Crippen molar-refractivity contribution in [3.8, 4) is 5.75 Å². The maximum Gasteiger partial charge on any atom is 0.306 e. The van der Waals surface area contributed by atoms with Crippen molar-refractivity contribution < 1.29 is 23.5 Å². The number of aromatic amines is 1. The molecule has 184 valence electrons. The van der Waals surface area contributed by atoms with Gasteiger partial charge < -0.3 is 18.9 Å². The third kappa shape index (κ3) is 5.02. The quantitative estimate of drug-likeness (QED) is 0.336. The summed E-state index contributed by atoms with van der Waals surface area (Å²) in [5.74, 6) is 0.561. The molecule has 4 aromatic rings. The predicted molar refractivity (Wildman–Crippen MR) is 135 cm³/mol. The van der Waals surface area contributed by atoms with Crippen molar-refractivity contribution in [2.75, 3.05) is 13.7 Å². The predicted octanol–water partition coefficient (Wildman–Crippen LogP) is 5.01. The number of methoxy groups -OCH3 is 1. The number of furan rings is 1. The summed E-state index contributed by atoms with van der Waals surface area (Å²) in [5.41, 5.74) is 3.87. The molecule has 0 saturated heterocycles. The number of amides is 1. The summed E-state index contributed by atoms with van der Waals surface area (Å²) in [6, 6.07) is 18.8. The van der Waals surface area contributed by atoms with Gasteiger partial charge in [0.25, 0.3) is 5.91 Å². The molecule has 1 amide bonds. The Balaban J connectivity index is 1.18. The van der Waals surface area contributed by atoms with Crippen LogP contribution in [0.5, 0.6) is 5.75 Å². The number of carbonyl (C=O) groups excluding carboxylic acids is 2. The first kappa shape index (κ1) is 23.4. The van der Waals surface area contributed by atoms with Gasteiger partial charge in [-0.3, -0.25) is 9.59 Å². The van der Waals surface area contributed by atoms with Gasteiger partial charge >= 0.3 is 5.97 Å². The molecule has 2 aromatic heterocycles. The Morgan fingerprint density at radius 3 is 2.72 bits per heavy atom. The van der Waals surface area contributed by atoms with E-state index in [1.54, 1.807) is 19.4 Å². The normalized spacial score (nSPS) is 15.2. The van der Waals surface area contributed by atoms with Crippen LogP contribution >= 0.6 is 0 Å². The molecule has 8 heteroatoms. The molecular weight excluding hydrogens is 458 g/mol. The minimum atomic E-state index is -0.406. The van der Waals surface area contributed by atoms with Gasteiger partial charge in [0.15, 0.2) is 6.61 Å². The first-order valence-electron chi connectivity index (χ1n) is 11.9. The van der Waals surface area contributed by atoms with Gasteiger partial charge in [-0.1, -0.05) is 18.2 Å². The van der Waals surface area contributed by atoms with Gasteiger partial charge in [0, 0.05) is 29.9 Å². The zero-order valence-corrected chi connectivity index (χ0v) is 20.0. The van der Waals surface area contributed by atoms with Crippen LogP contribution in [0, 0.1) is 0 Å². The van der Waals surface area contributed by atoms with E-state index in [0.29, 0.717) is 18.6 Å². The van der Waals surface area contributed by atoms with E-state index in [1.807, 2.05) is 54.7 Å². The third-order valence-electron chi connectivity index (χ3n) is 6.32. The van der Waals surface area contributed by atoms with Crippen molar-refractivity contribution in [3.05, 3.63) is 90.0 Å². The number of aryl methyl sites for hydroxylation is 1. The van der Waals surface area contributed by atoms with Crippen LogP contribution in [0.3, 0.4) is 0 Å². The molecule has 1 atom stereocenters. The van der Waals surface area contributed by atoms with E-state index in [1.165, 1.54) is 5.01 Å². The molecule has 0 bridgehead atoms. The Morgan fingerprint density at radius 1 is 1.11 bits per heavy atom. The molecule has 5 rings (SSSR count). The van der Waals surface area contributed by atoms with Gasteiger partial charge in [0.2, 0.25) is 0 Å². The number of nitrogens with zero attached hydrogens (tertiary/aromatic N) is 2. The van der Waals surface area contributed by atoms with Crippen molar-refractivity contribution in [1.82, 2.24) is 9.99 Å². The van der Waals surface area contributed by atoms with Gasteiger partial charge in [-0.05, 0) is 66.4 Å². The lowest BCUT2D eigenvalue weighted by atomic mass is 10.0. The summed E-state index contributed by atoms with van der Waals surface area (Å²) >= 11 is 0. The number of ether oxygens (including phenoxy) is 2. The van der Waals surface area contributed by atoms with Crippen molar-refractivity contribution in [3.63, 3.8) is 0 Å². The molecule has 0 radical (unpaired) electrons. The third-order valence-corrected chi connectivity index (χ3v) is 6.32. The average molecular weight is 486 g/mol. The highest BCUT2D eigenvalue weighted by atomic mass is 16.5. The first-order valence-corrected chi connectivity index (χ1v) is 11.9. The molecule has 1 N–H and O–H groups in total. The van der Waals surface area contributed by atoms with E-state index in [2.05, 4.69) is 16.2 Å². The van der Waals surface area contributed by atoms with Crippen molar-refractivity contribution in [2.45, 2.75) is 31.7 Å². The summed E-state index contributed by atoms with van der Waals surface area (Å²) in [7, 11) is 1.61. The molecule has 0 saturated carbocycles. The number of hydrogen-bond acceptors (Lipinski definition) is 6. The number of fused-ring (bicyclic) bond motifs is 1. The van der Waals surface area contributed by atoms with Crippen molar-refractivity contribution in [2.24, 2.45) is 5.10 Å². The molecular formula is C28H27N3O5. The largest absolute Gasteiger partial charge is 0.497 e. The van der Waals surface area contributed by atoms with Crippen LogP contribution in [0.25, 0.3) is 10.9 Å². The van der Waals surface area contributed by atoms with Crippen LogP contribution in [0.2, 0.25) is 0 Å². The first-order chi connectivity index (χ1) is 17.6. The number of benzene rings is 2. The minimum absolute atomic E-state index is 0.231. The van der Waals surface area contributed by atoms with Gasteiger partial charge in [0.05, 0.1) is 19.1 Å². The molecule has 1 aliphatic heterocycles. The van der Waals surface area contributed by atoms with Crippen molar-refractivity contribution >= 4 is 28.5 Å². The lowest BCUT2D eigenvalue weighted by Crippen LogP contribution is -2.31. The van der Waals surface area contributed by atoms with Gasteiger partial charge in [-0.2, -0.15) is 5.10 Å². The average Bonchev–Trinajstić information content (AvgIpc) is 3.67. The topological polar surface area (TPSA) is 97.1 Å². The number of H-pyrrole nitrogens is 1. The Bertz CT molecular complexity index is 1370. The summed E-state index contributed by atoms with van der Waals surface area (Å²) in [6.45, 7) is -0.373. The molecule has 0 spiro atoms. The van der Waals surface area contributed by atoms with Crippen LogP contribution in [0.1, 0.15) is 42.2 Å². The number of para-hydroxylation sites is 1. The Kier molecular flexibility index (Phi) is 6.84. The Hall–Kier alpha value is -4.33. The molecule has 36 heavy (non-hydrogen) atoms. The van der Waals surface area contributed by atoms with E-state index < -0.39 is 17.9 Å². The number of carbonyl (C=O) groups is 2. The van der Waals surface area contributed by atoms with Crippen LogP contribution in [0.4, 0.5) is 0 Å². The van der Waals surface area contributed by atoms with Gasteiger partial charge in [-0.15, -0.1) is 0 Å². The minimum Gasteiger partial charge on any atom is -0.497 e. The Labute approximate surface area is 208 Å². The van der Waals surface area contributed by atoms with E-state index in [0.717, 1.165) is 39.9 Å². The highest BCUT2D eigenvalue weighted by Gasteiger charge is 2.35. The summed E-state index contributed by atoms with van der Waals surface area (Å²) < 4.78 is 16.1. The van der Waals surface area contributed by atoms with Gasteiger partial charge in [0.1, 0.15) is 17.6 Å². The number of aromatic nitrogens is 1. The maximum absolute atomic E-state index is 13.0. The van der Waals surface area contributed by atoms with E-state index in [-0.39, 0.29) is 13.0 Å². The van der Waals surface area contributed by atoms with E-state index in [9.17, 15) is 9.59 Å². The standard InChI is InChI=1S/C28H27N3O5/c1-34-21-13-11-19(12-14-21)24-16-25(26-9-5-15-35-26)31(30-24)27(32)18-36-28(33)10-4-6-20-17-29-23-8-3-2-7-22(20)23/h2-3,5,7-9,11-15,17,25,29H,4,6,10,16,18H2,1H3. The molecule has 2 aromatic carbocycles. The zero-order valence-electron chi connectivity index (χ0n) is 20.0. The second kappa shape index (κ2) is 10.5. The highest BCUT2D eigenvalue weighted by molar-refractivity contribution is 6.03. The summed E-state index contributed by atoms with van der Waals surface area (Å²) in [6.07, 6.45) is 5.64. The smallest absolute Gasteiger partial charge is 0.306 e. The maximum atomic E-state index is 13.0. The van der Waals surface area contributed by atoms with Crippen LogP contribution in [-0.2, 0) is 20.7 Å². The van der Waals surface area contributed by atoms with Gasteiger partial charge in [-0.25, -0.2) is 5.01 Å². The number of rotatable bonds is 9. The number of nitrogens with one attached hydrogen (secondary N) is 1. The zero-order chi connectivity index (χ0) is 24.9. The SMILES string of the molecule is COc1ccc(C2=NN(C(=O)COC(=O)CCCc3c[nH]c4ccccc34)C(c3ccco3)C2)cc1. The fraction of sp³-hybridized carbons (Fsp3) is 0.250. The second-order valence-corrected chi connectivity index (χ2v) is 8.62. The highest BCUT2D eigenvalue weighted by Crippen LogP contribution is 2.33. The van der Waals surface area contributed by atoms with Crippen LogP contribution in [0.15, 0.2) is 82.6 Å². The lowest BCUT2D eigenvalue weighted by Gasteiger charge is -2.19. The molecule has 1 unspecified atom stereocenters. The molecule has 8 nitrogen and oxygen atoms in total. The fourth-order valence-electron chi connectivity index (χ4n) is 4.44. The molecule has 1 aliphatic rings. The summed E-state index contributed by atoms with van der Waals surface area (Å²) in [5, 5.41) is 7.07. The number of hydrogen-bond donors (Lipinski definition) is 1. The van der Waals surface area contributed by atoms with Crippen molar-refractivity contribution in [1.29, 1.82) is 0 Å². The molecule has 0 aliphatic carbocycles.